The van der Waals surface area contributed by atoms with E-state index in [0.29, 0.717) is 12.2 Å². The van der Waals surface area contributed by atoms with Gasteiger partial charge in [0.15, 0.2) is 0 Å². The second kappa shape index (κ2) is 7.95. The molecule has 1 fully saturated rings. The number of amides is 1. The molecule has 3 rings (SSSR count). The molecule has 1 aliphatic heterocycles. The standard InChI is InChI=1S/C20H25N3O/c1-16-6-8-17(9-7-16)14-20(24)22-19-11-10-18(15-21-19)23-12-4-2-3-5-13-23/h6-11,15H,2-5,12-14H2,1H3,(H,21,22,24). The van der Waals surface area contributed by atoms with Gasteiger partial charge in [-0.2, -0.15) is 0 Å². The minimum Gasteiger partial charge on any atom is -0.370 e. The van der Waals surface area contributed by atoms with Crippen molar-refractivity contribution in [3.63, 3.8) is 0 Å². The average molecular weight is 323 g/mol. The Morgan fingerprint density at radius 2 is 1.75 bits per heavy atom. The van der Waals surface area contributed by atoms with Crippen molar-refractivity contribution in [3.05, 3.63) is 53.7 Å². The number of aryl methyl sites for hydroxylation is 1. The second-order valence-corrected chi connectivity index (χ2v) is 6.51. The molecule has 2 heterocycles. The fourth-order valence-electron chi connectivity index (χ4n) is 3.05. The van der Waals surface area contributed by atoms with Crippen LogP contribution in [0.5, 0.6) is 0 Å². The van der Waals surface area contributed by atoms with Gasteiger partial charge in [-0.3, -0.25) is 4.79 Å². The van der Waals surface area contributed by atoms with Crippen LogP contribution in [-0.2, 0) is 11.2 Å². The number of anilines is 2. The quantitative estimate of drug-likeness (QED) is 0.926. The number of hydrogen-bond acceptors (Lipinski definition) is 3. The van der Waals surface area contributed by atoms with Gasteiger partial charge in [-0.15, -0.1) is 0 Å². The zero-order valence-electron chi connectivity index (χ0n) is 14.3. The maximum Gasteiger partial charge on any atom is 0.229 e. The van der Waals surface area contributed by atoms with Crippen LogP contribution in [0.4, 0.5) is 11.5 Å². The van der Waals surface area contributed by atoms with E-state index >= 15 is 0 Å². The summed E-state index contributed by atoms with van der Waals surface area (Å²) in [6.07, 6.45) is 7.36. The number of carbonyl (C=O) groups is 1. The molecule has 0 aliphatic carbocycles. The van der Waals surface area contributed by atoms with Crippen LogP contribution in [0.1, 0.15) is 36.8 Å². The molecular weight excluding hydrogens is 298 g/mol. The van der Waals surface area contributed by atoms with Crippen molar-refractivity contribution in [1.82, 2.24) is 4.98 Å². The van der Waals surface area contributed by atoms with Crippen molar-refractivity contribution in [2.75, 3.05) is 23.3 Å². The Hall–Kier alpha value is -2.36. The third-order valence-corrected chi connectivity index (χ3v) is 4.47. The topological polar surface area (TPSA) is 45.2 Å². The number of hydrogen-bond donors (Lipinski definition) is 1. The van der Waals surface area contributed by atoms with Crippen LogP contribution in [0.3, 0.4) is 0 Å². The Morgan fingerprint density at radius 1 is 1.04 bits per heavy atom. The average Bonchev–Trinajstić information content (AvgIpc) is 2.87. The van der Waals surface area contributed by atoms with Crippen molar-refractivity contribution in [1.29, 1.82) is 0 Å². The predicted octanol–water partition coefficient (Wildman–Crippen LogP) is 3.95. The van der Waals surface area contributed by atoms with Crippen molar-refractivity contribution >= 4 is 17.4 Å². The molecule has 0 atom stereocenters. The summed E-state index contributed by atoms with van der Waals surface area (Å²) < 4.78 is 0. The highest BCUT2D eigenvalue weighted by atomic mass is 16.1. The summed E-state index contributed by atoms with van der Waals surface area (Å²) in [4.78, 5) is 18.9. The lowest BCUT2D eigenvalue weighted by atomic mass is 10.1. The maximum absolute atomic E-state index is 12.1. The molecule has 24 heavy (non-hydrogen) atoms. The predicted molar refractivity (Wildman–Crippen MR) is 98.4 cm³/mol. The Bertz CT molecular complexity index is 656. The first-order valence-corrected chi connectivity index (χ1v) is 8.77. The van der Waals surface area contributed by atoms with Gasteiger partial charge in [0.2, 0.25) is 5.91 Å². The van der Waals surface area contributed by atoms with E-state index in [0.717, 1.165) is 24.3 Å². The van der Waals surface area contributed by atoms with E-state index in [2.05, 4.69) is 21.3 Å². The SMILES string of the molecule is Cc1ccc(CC(=O)Nc2ccc(N3CCCCCC3)cn2)cc1. The van der Waals surface area contributed by atoms with Crippen molar-refractivity contribution in [2.45, 2.75) is 39.0 Å². The molecule has 126 valence electrons. The van der Waals surface area contributed by atoms with Crippen molar-refractivity contribution in [3.8, 4) is 0 Å². The summed E-state index contributed by atoms with van der Waals surface area (Å²) in [6, 6.07) is 12.0. The minimum atomic E-state index is -0.0334. The summed E-state index contributed by atoms with van der Waals surface area (Å²) in [5.74, 6) is 0.583. The van der Waals surface area contributed by atoms with E-state index in [4.69, 9.17) is 0 Å². The van der Waals surface area contributed by atoms with Gasteiger partial charge in [-0.1, -0.05) is 42.7 Å². The molecular formula is C20H25N3O. The fourth-order valence-corrected chi connectivity index (χ4v) is 3.05. The fraction of sp³-hybridized carbons (Fsp3) is 0.400. The molecule has 1 amide bonds. The summed E-state index contributed by atoms with van der Waals surface area (Å²) in [5, 5.41) is 2.88. The van der Waals surface area contributed by atoms with E-state index < -0.39 is 0 Å². The molecule has 0 saturated carbocycles. The van der Waals surface area contributed by atoms with Gasteiger partial charge >= 0.3 is 0 Å². The molecule has 0 spiro atoms. The zero-order chi connectivity index (χ0) is 16.8. The van der Waals surface area contributed by atoms with Crippen LogP contribution in [0.25, 0.3) is 0 Å². The van der Waals surface area contributed by atoms with Gasteiger partial charge in [0, 0.05) is 13.1 Å². The first-order chi connectivity index (χ1) is 11.7. The van der Waals surface area contributed by atoms with Gasteiger partial charge in [0.05, 0.1) is 18.3 Å². The second-order valence-electron chi connectivity index (χ2n) is 6.51. The number of aromatic nitrogens is 1. The van der Waals surface area contributed by atoms with Crippen molar-refractivity contribution < 1.29 is 4.79 Å². The number of carbonyl (C=O) groups excluding carboxylic acids is 1. The molecule has 0 unspecified atom stereocenters. The monoisotopic (exact) mass is 323 g/mol. The lowest BCUT2D eigenvalue weighted by Gasteiger charge is -2.22. The summed E-state index contributed by atoms with van der Waals surface area (Å²) in [5.41, 5.74) is 3.36. The summed E-state index contributed by atoms with van der Waals surface area (Å²) >= 11 is 0. The molecule has 1 saturated heterocycles. The Kier molecular flexibility index (Phi) is 5.47. The Balaban J connectivity index is 1.57. The molecule has 1 aromatic heterocycles. The molecule has 0 radical (unpaired) electrons. The number of nitrogens with zero attached hydrogens (tertiary/aromatic N) is 2. The first-order valence-electron chi connectivity index (χ1n) is 8.77. The summed E-state index contributed by atoms with van der Waals surface area (Å²) in [7, 11) is 0. The van der Waals surface area contributed by atoms with Gasteiger partial charge in [-0.25, -0.2) is 4.98 Å². The number of pyridine rings is 1. The van der Waals surface area contributed by atoms with Crippen LogP contribution < -0.4 is 10.2 Å². The van der Waals surface area contributed by atoms with E-state index in [9.17, 15) is 4.79 Å². The van der Waals surface area contributed by atoms with E-state index in [1.165, 1.54) is 31.2 Å². The molecule has 1 aromatic carbocycles. The normalized spacial score (nSPS) is 15.0. The Labute approximate surface area is 143 Å². The molecule has 4 nitrogen and oxygen atoms in total. The molecule has 2 aromatic rings. The van der Waals surface area contributed by atoms with E-state index in [-0.39, 0.29) is 5.91 Å². The minimum absolute atomic E-state index is 0.0334. The smallest absolute Gasteiger partial charge is 0.229 e. The zero-order valence-corrected chi connectivity index (χ0v) is 14.3. The highest BCUT2D eigenvalue weighted by Crippen LogP contribution is 2.19. The van der Waals surface area contributed by atoms with Crippen LogP contribution in [0, 0.1) is 6.92 Å². The highest BCUT2D eigenvalue weighted by Gasteiger charge is 2.11. The lowest BCUT2D eigenvalue weighted by molar-refractivity contribution is -0.115. The largest absolute Gasteiger partial charge is 0.370 e. The third kappa shape index (κ3) is 4.57. The van der Waals surface area contributed by atoms with E-state index in [1.807, 2.05) is 43.5 Å². The Morgan fingerprint density at radius 3 is 2.38 bits per heavy atom. The number of rotatable bonds is 4. The lowest BCUT2D eigenvalue weighted by Crippen LogP contribution is -2.24. The van der Waals surface area contributed by atoms with E-state index in [1.54, 1.807) is 0 Å². The third-order valence-electron chi connectivity index (χ3n) is 4.47. The van der Waals surface area contributed by atoms with Gasteiger partial charge < -0.3 is 10.2 Å². The number of benzene rings is 1. The first kappa shape index (κ1) is 16.5. The van der Waals surface area contributed by atoms with Crippen LogP contribution in [0.15, 0.2) is 42.6 Å². The van der Waals surface area contributed by atoms with Crippen LogP contribution >= 0.6 is 0 Å². The molecule has 1 N–H and O–H groups in total. The van der Waals surface area contributed by atoms with Gasteiger partial charge in [-0.05, 0) is 37.5 Å². The van der Waals surface area contributed by atoms with Crippen molar-refractivity contribution in [2.24, 2.45) is 0 Å². The van der Waals surface area contributed by atoms with Crippen LogP contribution in [0.2, 0.25) is 0 Å². The molecule has 1 aliphatic rings. The molecule has 0 bridgehead atoms. The number of nitrogens with one attached hydrogen (secondary N) is 1. The van der Waals surface area contributed by atoms with Gasteiger partial charge in [0.1, 0.15) is 5.82 Å². The summed E-state index contributed by atoms with van der Waals surface area (Å²) in [6.45, 7) is 4.24. The molecule has 4 heteroatoms. The van der Waals surface area contributed by atoms with Gasteiger partial charge in [0.25, 0.3) is 0 Å². The maximum atomic E-state index is 12.1. The highest BCUT2D eigenvalue weighted by molar-refractivity contribution is 5.91. The van der Waals surface area contributed by atoms with Crippen LogP contribution in [-0.4, -0.2) is 24.0 Å².